The van der Waals surface area contributed by atoms with E-state index in [4.69, 9.17) is 5.73 Å². The highest BCUT2D eigenvalue weighted by Crippen LogP contribution is 2.38. The Kier molecular flexibility index (Phi) is 4.78. The molecule has 1 aliphatic carbocycles. The standard InChI is InChI=1S/C20H22FN3O2/c1-13(24(2)12-14-7-9-16(21)10-8-14)23-18-11-15-5-3-4-6-17(15)20(18,26)19(22)25/h3-10,18,26H,11-12H2,1-2H3,(H2,22,25)/t18?,20-/m1/s1. The van der Waals surface area contributed by atoms with E-state index < -0.39 is 17.6 Å². The number of primary amides is 1. The molecule has 26 heavy (non-hydrogen) atoms. The number of amidine groups is 1. The fourth-order valence-corrected chi connectivity index (χ4v) is 3.34. The number of amides is 1. The Balaban J connectivity index is 1.84. The molecule has 136 valence electrons. The topological polar surface area (TPSA) is 78.9 Å². The summed E-state index contributed by atoms with van der Waals surface area (Å²) in [6, 6.07) is 12.8. The summed E-state index contributed by atoms with van der Waals surface area (Å²) < 4.78 is 13.0. The maximum atomic E-state index is 13.0. The lowest BCUT2D eigenvalue weighted by Gasteiger charge is -2.27. The number of aliphatic imine (C=N–C) groups is 1. The second-order valence-corrected chi connectivity index (χ2v) is 6.67. The molecule has 1 amide bonds. The normalized spacial score (nSPS) is 22.2. The van der Waals surface area contributed by atoms with Crippen LogP contribution in [-0.2, 0) is 23.4 Å². The molecule has 0 aliphatic heterocycles. The van der Waals surface area contributed by atoms with Crippen molar-refractivity contribution in [2.45, 2.75) is 31.5 Å². The highest BCUT2D eigenvalue weighted by atomic mass is 19.1. The summed E-state index contributed by atoms with van der Waals surface area (Å²) in [6.07, 6.45) is 0.442. The molecule has 0 bridgehead atoms. The Hall–Kier alpha value is -2.73. The summed E-state index contributed by atoms with van der Waals surface area (Å²) in [5, 5.41) is 11.0. The van der Waals surface area contributed by atoms with Crippen LogP contribution in [0.3, 0.4) is 0 Å². The van der Waals surface area contributed by atoms with E-state index in [-0.39, 0.29) is 5.82 Å². The summed E-state index contributed by atoms with van der Waals surface area (Å²) in [5.41, 5.74) is 6.04. The number of nitrogens with zero attached hydrogens (tertiary/aromatic N) is 2. The predicted octanol–water partition coefficient (Wildman–Crippen LogP) is 1.97. The van der Waals surface area contributed by atoms with E-state index in [2.05, 4.69) is 4.99 Å². The molecular weight excluding hydrogens is 333 g/mol. The highest BCUT2D eigenvalue weighted by molar-refractivity contribution is 5.88. The Morgan fingerprint density at radius 3 is 2.62 bits per heavy atom. The molecule has 0 aromatic heterocycles. The van der Waals surface area contributed by atoms with Crippen molar-refractivity contribution < 1.29 is 14.3 Å². The minimum Gasteiger partial charge on any atom is -0.374 e. The average molecular weight is 355 g/mol. The van der Waals surface area contributed by atoms with Crippen molar-refractivity contribution in [2.75, 3.05) is 7.05 Å². The van der Waals surface area contributed by atoms with Gasteiger partial charge in [0, 0.05) is 13.6 Å². The first-order chi connectivity index (χ1) is 12.3. The van der Waals surface area contributed by atoms with Crippen molar-refractivity contribution in [3.8, 4) is 0 Å². The van der Waals surface area contributed by atoms with E-state index >= 15 is 0 Å². The Labute approximate surface area is 152 Å². The van der Waals surface area contributed by atoms with E-state index in [9.17, 15) is 14.3 Å². The molecule has 2 aromatic rings. The van der Waals surface area contributed by atoms with Crippen LogP contribution < -0.4 is 5.73 Å². The first kappa shape index (κ1) is 18.1. The number of rotatable bonds is 4. The number of fused-ring (bicyclic) bond motifs is 1. The molecule has 0 spiro atoms. The van der Waals surface area contributed by atoms with Crippen LogP contribution in [0.15, 0.2) is 53.5 Å². The van der Waals surface area contributed by atoms with Crippen molar-refractivity contribution in [3.05, 3.63) is 71.0 Å². The van der Waals surface area contributed by atoms with E-state index in [0.29, 0.717) is 24.4 Å². The van der Waals surface area contributed by atoms with Gasteiger partial charge in [-0.15, -0.1) is 0 Å². The van der Waals surface area contributed by atoms with E-state index in [0.717, 1.165) is 11.1 Å². The monoisotopic (exact) mass is 355 g/mol. The Morgan fingerprint density at radius 1 is 1.31 bits per heavy atom. The minimum atomic E-state index is -1.81. The molecule has 3 rings (SSSR count). The number of aliphatic hydroxyl groups is 1. The van der Waals surface area contributed by atoms with Gasteiger partial charge in [-0.05, 0) is 42.2 Å². The summed E-state index contributed by atoms with van der Waals surface area (Å²) >= 11 is 0. The van der Waals surface area contributed by atoms with Gasteiger partial charge in [-0.2, -0.15) is 0 Å². The van der Waals surface area contributed by atoms with Gasteiger partial charge in [-0.3, -0.25) is 9.79 Å². The van der Waals surface area contributed by atoms with Crippen LogP contribution in [0.5, 0.6) is 0 Å². The zero-order valence-electron chi connectivity index (χ0n) is 14.8. The molecule has 0 radical (unpaired) electrons. The van der Waals surface area contributed by atoms with Gasteiger partial charge in [0.15, 0.2) is 5.60 Å². The Morgan fingerprint density at radius 2 is 1.96 bits per heavy atom. The number of halogens is 1. The van der Waals surface area contributed by atoms with Gasteiger partial charge in [0.2, 0.25) is 0 Å². The van der Waals surface area contributed by atoms with E-state index in [1.807, 2.05) is 31.0 Å². The third-order valence-electron chi connectivity index (χ3n) is 4.93. The maximum Gasteiger partial charge on any atom is 0.256 e. The van der Waals surface area contributed by atoms with E-state index in [1.54, 1.807) is 24.3 Å². The second kappa shape index (κ2) is 6.88. The third-order valence-corrected chi connectivity index (χ3v) is 4.93. The number of hydrogen-bond donors (Lipinski definition) is 2. The van der Waals surface area contributed by atoms with Crippen molar-refractivity contribution >= 4 is 11.7 Å². The summed E-state index contributed by atoms with van der Waals surface area (Å²) in [7, 11) is 1.85. The van der Waals surface area contributed by atoms with Crippen LogP contribution in [0.1, 0.15) is 23.6 Å². The molecule has 1 aliphatic rings. The van der Waals surface area contributed by atoms with Crippen LogP contribution in [0.2, 0.25) is 0 Å². The first-order valence-corrected chi connectivity index (χ1v) is 8.43. The number of nitrogens with two attached hydrogens (primary N) is 1. The fraction of sp³-hybridized carbons (Fsp3) is 0.300. The molecule has 0 fully saturated rings. The van der Waals surface area contributed by atoms with Crippen LogP contribution in [0.4, 0.5) is 4.39 Å². The molecule has 2 aromatic carbocycles. The second-order valence-electron chi connectivity index (χ2n) is 6.67. The van der Waals surface area contributed by atoms with Gasteiger partial charge in [-0.25, -0.2) is 4.39 Å². The zero-order chi connectivity index (χ0) is 18.9. The van der Waals surface area contributed by atoms with Gasteiger partial charge < -0.3 is 15.7 Å². The highest BCUT2D eigenvalue weighted by Gasteiger charge is 2.50. The number of hydrogen-bond acceptors (Lipinski definition) is 3. The lowest BCUT2D eigenvalue weighted by molar-refractivity contribution is -0.138. The van der Waals surface area contributed by atoms with Crippen molar-refractivity contribution in [1.82, 2.24) is 4.90 Å². The van der Waals surface area contributed by atoms with Gasteiger partial charge in [-0.1, -0.05) is 36.4 Å². The molecule has 3 N–H and O–H groups in total. The molecule has 0 saturated carbocycles. The summed E-state index contributed by atoms with van der Waals surface area (Å²) in [6.45, 7) is 2.35. The summed E-state index contributed by atoms with van der Waals surface area (Å²) in [5.74, 6) is -0.422. The molecule has 1 unspecified atom stereocenters. The fourth-order valence-electron chi connectivity index (χ4n) is 3.34. The lowest BCUT2D eigenvalue weighted by Crippen LogP contribution is -2.47. The lowest BCUT2D eigenvalue weighted by atomic mass is 9.92. The van der Waals surface area contributed by atoms with Crippen LogP contribution >= 0.6 is 0 Å². The molecular formula is C20H22FN3O2. The molecule has 5 nitrogen and oxygen atoms in total. The van der Waals surface area contributed by atoms with Crippen molar-refractivity contribution in [2.24, 2.45) is 10.7 Å². The largest absolute Gasteiger partial charge is 0.374 e. The van der Waals surface area contributed by atoms with E-state index in [1.165, 1.54) is 12.1 Å². The predicted molar refractivity (Wildman–Crippen MR) is 98.0 cm³/mol. The molecule has 0 saturated heterocycles. The van der Waals surface area contributed by atoms with Gasteiger partial charge in [0.05, 0.1) is 11.9 Å². The van der Waals surface area contributed by atoms with Gasteiger partial charge in [0.25, 0.3) is 5.91 Å². The third kappa shape index (κ3) is 3.20. The number of benzene rings is 2. The van der Waals surface area contributed by atoms with Crippen molar-refractivity contribution in [3.63, 3.8) is 0 Å². The molecule has 0 heterocycles. The van der Waals surface area contributed by atoms with Crippen LogP contribution in [0.25, 0.3) is 0 Å². The number of carbonyl (C=O) groups excluding carboxylic acids is 1. The van der Waals surface area contributed by atoms with Crippen LogP contribution in [-0.4, -0.2) is 34.8 Å². The van der Waals surface area contributed by atoms with Gasteiger partial charge >= 0.3 is 0 Å². The quantitative estimate of drug-likeness (QED) is 0.650. The van der Waals surface area contributed by atoms with Gasteiger partial charge in [0.1, 0.15) is 5.82 Å². The van der Waals surface area contributed by atoms with Crippen molar-refractivity contribution in [1.29, 1.82) is 0 Å². The zero-order valence-corrected chi connectivity index (χ0v) is 14.8. The van der Waals surface area contributed by atoms with Crippen LogP contribution in [0, 0.1) is 5.82 Å². The summed E-state index contributed by atoms with van der Waals surface area (Å²) in [4.78, 5) is 18.5. The first-order valence-electron chi connectivity index (χ1n) is 8.43. The average Bonchev–Trinajstić information content (AvgIpc) is 2.90. The SMILES string of the molecule is CC(=NC1Cc2ccccc2[C@]1(O)C(N)=O)N(C)Cc1ccc(F)cc1. The Bertz CT molecular complexity index is 850. The minimum absolute atomic E-state index is 0.281. The molecule has 2 atom stereocenters. The molecule has 6 heteroatoms. The smallest absolute Gasteiger partial charge is 0.256 e. The maximum absolute atomic E-state index is 13.0. The number of carbonyl (C=O) groups is 1.